The van der Waals surface area contributed by atoms with Crippen LogP contribution in [0.25, 0.3) is 11.5 Å². The number of nitrogens with one attached hydrogen (secondary N) is 1. The fourth-order valence-electron chi connectivity index (χ4n) is 3.11. The average molecular weight is 449 g/mol. The van der Waals surface area contributed by atoms with E-state index in [1.54, 1.807) is 14.2 Å². The van der Waals surface area contributed by atoms with Gasteiger partial charge in [-0.1, -0.05) is 18.2 Å². The number of hydrogen-bond acceptors (Lipinski definition) is 6. The van der Waals surface area contributed by atoms with E-state index in [4.69, 9.17) is 9.47 Å². The maximum atomic E-state index is 5.53. The molecule has 0 radical (unpaired) electrons. The summed E-state index contributed by atoms with van der Waals surface area (Å²) in [6, 6.07) is 8.03. The number of methoxy groups -OCH3 is 2. The number of halogens is 1. The lowest BCUT2D eigenvalue weighted by Gasteiger charge is -2.27. The zero-order chi connectivity index (χ0) is 20.3. The van der Waals surface area contributed by atoms with Crippen molar-refractivity contribution in [2.45, 2.75) is 26.4 Å². The Bertz CT molecular complexity index is 938. The minimum Gasteiger partial charge on any atom is -0.496 e. The minimum atomic E-state index is 0.0292. The van der Waals surface area contributed by atoms with Crippen molar-refractivity contribution in [1.82, 2.24) is 25.0 Å². The second-order valence-electron chi connectivity index (χ2n) is 6.51. The first-order valence-electron chi connectivity index (χ1n) is 8.98. The van der Waals surface area contributed by atoms with Gasteiger partial charge in [0.2, 0.25) is 5.95 Å². The van der Waals surface area contributed by atoms with E-state index >= 15 is 0 Å². The number of para-hydroxylation sites is 1. The van der Waals surface area contributed by atoms with Gasteiger partial charge < -0.3 is 14.4 Å². The molecule has 3 rings (SSSR count). The summed E-state index contributed by atoms with van der Waals surface area (Å²) in [4.78, 5) is 2.08. The number of rotatable bonds is 8. The Morgan fingerprint density at radius 1 is 1.25 bits per heavy atom. The number of aromatic nitrogens is 5. The molecule has 0 aliphatic carbocycles. The molecule has 150 valence electrons. The first kappa shape index (κ1) is 20.3. The van der Waals surface area contributed by atoms with Gasteiger partial charge in [0.15, 0.2) is 5.82 Å². The highest BCUT2D eigenvalue weighted by Crippen LogP contribution is 2.33. The summed E-state index contributed by atoms with van der Waals surface area (Å²) in [6.45, 7) is 5.25. The Hall–Kier alpha value is -2.39. The third-order valence-electron chi connectivity index (χ3n) is 4.90. The number of H-pyrrole nitrogens is 1. The van der Waals surface area contributed by atoms with Gasteiger partial charge in [-0.2, -0.15) is 5.10 Å². The largest absolute Gasteiger partial charge is 0.496 e. The van der Waals surface area contributed by atoms with Crippen molar-refractivity contribution >= 4 is 21.9 Å². The lowest BCUT2D eigenvalue weighted by atomic mass is 10.1. The monoisotopic (exact) mass is 448 g/mol. The SMILES string of the molecule is COCCn1c(-c2n[nH]c(Br)c2C)nnc1N(C)[C@@H](C)c1ccccc1OC. The highest BCUT2D eigenvalue weighted by Gasteiger charge is 2.25. The molecule has 0 unspecified atom stereocenters. The number of anilines is 1. The summed E-state index contributed by atoms with van der Waals surface area (Å²) in [5.74, 6) is 2.28. The molecule has 0 bridgehead atoms. The fourth-order valence-corrected chi connectivity index (χ4v) is 3.38. The molecule has 1 N–H and O–H groups in total. The Kier molecular flexibility index (Phi) is 6.35. The third kappa shape index (κ3) is 3.77. The maximum Gasteiger partial charge on any atom is 0.227 e. The molecule has 0 amide bonds. The van der Waals surface area contributed by atoms with Gasteiger partial charge >= 0.3 is 0 Å². The standard InChI is InChI=1S/C19H25BrN6O2/c1-12-16(21-22-17(12)20)18-23-24-19(26(18)10-11-27-4)25(3)13(2)14-8-6-7-9-15(14)28-5/h6-9,13H,10-11H2,1-5H3,(H,21,22)/t13-/m0/s1. The van der Waals surface area contributed by atoms with E-state index in [-0.39, 0.29) is 6.04 Å². The molecule has 0 aliphatic rings. The first-order valence-corrected chi connectivity index (χ1v) is 9.77. The van der Waals surface area contributed by atoms with Gasteiger partial charge in [-0.25, -0.2) is 0 Å². The Balaban J connectivity index is 2.02. The van der Waals surface area contributed by atoms with E-state index in [1.165, 1.54) is 0 Å². The van der Waals surface area contributed by atoms with Crippen LogP contribution in [0.1, 0.15) is 24.1 Å². The number of benzene rings is 1. The first-order chi connectivity index (χ1) is 13.5. The summed E-state index contributed by atoms with van der Waals surface area (Å²) in [5.41, 5.74) is 2.83. The molecule has 2 aromatic heterocycles. The van der Waals surface area contributed by atoms with Crippen LogP contribution in [-0.4, -0.2) is 52.8 Å². The predicted octanol–water partition coefficient (Wildman–Crippen LogP) is 3.59. The van der Waals surface area contributed by atoms with Gasteiger partial charge in [-0.15, -0.1) is 10.2 Å². The van der Waals surface area contributed by atoms with E-state index < -0.39 is 0 Å². The quantitative estimate of drug-likeness (QED) is 0.566. The summed E-state index contributed by atoms with van der Waals surface area (Å²) >= 11 is 3.47. The van der Waals surface area contributed by atoms with Crippen LogP contribution in [0, 0.1) is 6.92 Å². The van der Waals surface area contributed by atoms with E-state index in [1.807, 2.05) is 36.7 Å². The zero-order valence-corrected chi connectivity index (χ0v) is 18.3. The molecule has 2 heterocycles. The maximum absolute atomic E-state index is 5.53. The Labute approximate surface area is 173 Å². The highest BCUT2D eigenvalue weighted by atomic mass is 79.9. The molecule has 3 aromatic rings. The van der Waals surface area contributed by atoms with Crippen LogP contribution >= 0.6 is 15.9 Å². The smallest absolute Gasteiger partial charge is 0.227 e. The van der Waals surface area contributed by atoms with Gasteiger partial charge in [0, 0.05) is 25.3 Å². The molecule has 0 aliphatic heterocycles. The minimum absolute atomic E-state index is 0.0292. The van der Waals surface area contributed by atoms with Crippen LogP contribution in [0.2, 0.25) is 0 Å². The van der Waals surface area contributed by atoms with Gasteiger partial charge in [0.25, 0.3) is 0 Å². The lowest BCUT2D eigenvalue weighted by molar-refractivity contribution is 0.187. The molecule has 8 nitrogen and oxygen atoms in total. The van der Waals surface area contributed by atoms with E-state index in [2.05, 4.69) is 54.2 Å². The van der Waals surface area contributed by atoms with Crippen molar-refractivity contribution in [1.29, 1.82) is 0 Å². The second kappa shape index (κ2) is 8.74. The van der Waals surface area contributed by atoms with Crippen molar-refractivity contribution in [3.8, 4) is 17.3 Å². The molecule has 1 atom stereocenters. The van der Waals surface area contributed by atoms with Gasteiger partial charge in [0.1, 0.15) is 16.0 Å². The van der Waals surface area contributed by atoms with Crippen molar-refractivity contribution in [2.24, 2.45) is 0 Å². The molecule has 28 heavy (non-hydrogen) atoms. The summed E-state index contributed by atoms with van der Waals surface area (Å²) < 4.78 is 13.7. The number of ether oxygens (including phenoxy) is 2. The van der Waals surface area contributed by atoms with Crippen molar-refractivity contribution in [3.63, 3.8) is 0 Å². The number of aromatic amines is 1. The molecular weight excluding hydrogens is 424 g/mol. The molecular formula is C19H25BrN6O2. The molecule has 0 saturated heterocycles. The molecule has 1 aromatic carbocycles. The van der Waals surface area contributed by atoms with Crippen LogP contribution in [0.4, 0.5) is 5.95 Å². The van der Waals surface area contributed by atoms with Crippen LogP contribution in [-0.2, 0) is 11.3 Å². The van der Waals surface area contributed by atoms with Crippen LogP contribution < -0.4 is 9.64 Å². The third-order valence-corrected chi connectivity index (χ3v) is 5.67. The van der Waals surface area contributed by atoms with E-state index in [0.29, 0.717) is 19.0 Å². The molecule has 0 spiro atoms. The van der Waals surface area contributed by atoms with Crippen LogP contribution in [0.5, 0.6) is 5.75 Å². The normalized spacial score (nSPS) is 12.2. The van der Waals surface area contributed by atoms with Crippen molar-refractivity contribution in [3.05, 3.63) is 40.0 Å². The average Bonchev–Trinajstić information content (AvgIpc) is 3.28. The fraction of sp³-hybridized carbons (Fsp3) is 0.421. The predicted molar refractivity (Wildman–Crippen MR) is 112 cm³/mol. The lowest BCUT2D eigenvalue weighted by Crippen LogP contribution is -2.26. The van der Waals surface area contributed by atoms with Gasteiger partial charge in [-0.05, 0) is 35.8 Å². The Morgan fingerprint density at radius 3 is 2.64 bits per heavy atom. The van der Waals surface area contributed by atoms with Crippen LogP contribution in [0.15, 0.2) is 28.9 Å². The van der Waals surface area contributed by atoms with Crippen molar-refractivity contribution < 1.29 is 9.47 Å². The van der Waals surface area contributed by atoms with Gasteiger partial charge in [0.05, 0.1) is 26.3 Å². The number of hydrogen-bond donors (Lipinski definition) is 1. The topological polar surface area (TPSA) is 81.1 Å². The zero-order valence-electron chi connectivity index (χ0n) is 16.7. The van der Waals surface area contributed by atoms with E-state index in [9.17, 15) is 0 Å². The van der Waals surface area contributed by atoms with E-state index in [0.717, 1.165) is 33.1 Å². The molecule has 9 heteroatoms. The summed E-state index contributed by atoms with van der Waals surface area (Å²) in [5, 5.41) is 16.2. The van der Waals surface area contributed by atoms with Crippen LogP contribution in [0.3, 0.4) is 0 Å². The van der Waals surface area contributed by atoms with Gasteiger partial charge in [-0.3, -0.25) is 9.67 Å². The number of nitrogens with zero attached hydrogens (tertiary/aromatic N) is 5. The molecule has 0 fully saturated rings. The molecule has 0 saturated carbocycles. The Morgan fingerprint density at radius 2 is 2.00 bits per heavy atom. The summed E-state index contributed by atoms with van der Waals surface area (Å²) in [6.07, 6.45) is 0. The summed E-state index contributed by atoms with van der Waals surface area (Å²) in [7, 11) is 5.37. The highest BCUT2D eigenvalue weighted by molar-refractivity contribution is 9.10. The van der Waals surface area contributed by atoms with Crippen molar-refractivity contribution in [2.75, 3.05) is 32.8 Å². The second-order valence-corrected chi connectivity index (χ2v) is 7.30.